The lowest BCUT2D eigenvalue weighted by Crippen LogP contribution is -2.21. The minimum absolute atomic E-state index is 0.179. The molecule has 6 heteroatoms. The van der Waals surface area contributed by atoms with Gasteiger partial charge in [0.15, 0.2) is 18.1 Å². The lowest BCUT2D eigenvalue weighted by atomic mass is 10.1. The Bertz CT molecular complexity index is 785. The van der Waals surface area contributed by atoms with E-state index in [9.17, 15) is 9.59 Å². The largest absolute Gasteiger partial charge is 0.493 e. The fraction of sp³-hybridized carbons (Fsp3) is 0.263. The van der Waals surface area contributed by atoms with E-state index in [4.69, 9.17) is 9.47 Å². The van der Waals surface area contributed by atoms with Crippen molar-refractivity contribution in [3.05, 3.63) is 53.1 Å². The van der Waals surface area contributed by atoms with E-state index in [-0.39, 0.29) is 12.5 Å². The number of rotatable bonds is 6. The maximum atomic E-state index is 12.1. The number of methoxy groups -OCH3 is 2. The van der Waals surface area contributed by atoms with Crippen molar-refractivity contribution >= 4 is 17.6 Å². The van der Waals surface area contributed by atoms with Crippen LogP contribution in [0.4, 0.5) is 5.69 Å². The van der Waals surface area contributed by atoms with Gasteiger partial charge in [0.1, 0.15) is 0 Å². The van der Waals surface area contributed by atoms with Crippen LogP contribution in [0.15, 0.2) is 36.4 Å². The monoisotopic (exact) mass is 343 g/mol. The predicted octanol–water partition coefficient (Wildman–Crippen LogP) is 3.12. The smallest absolute Gasteiger partial charge is 0.337 e. The number of hydrogen-bond acceptors (Lipinski definition) is 5. The second-order valence-corrected chi connectivity index (χ2v) is 5.51. The van der Waals surface area contributed by atoms with Crippen LogP contribution in [-0.4, -0.2) is 32.7 Å². The van der Waals surface area contributed by atoms with E-state index in [1.54, 1.807) is 12.1 Å². The predicted molar refractivity (Wildman–Crippen MR) is 94.4 cm³/mol. The van der Waals surface area contributed by atoms with Gasteiger partial charge in [-0.2, -0.15) is 0 Å². The fourth-order valence-electron chi connectivity index (χ4n) is 2.23. The number of hydrogen-bond donors (Lipinski definition) is 1. The quantitative estimate of drug-likeness (QED) is 0.816. The van der Waals surface area contributed by atoms with Crippen molar-refractivity contribution in [3.63, 3.8) is 0 Å². The SMILES string of the molecule is COC(=O)c1ccc(OCC(=O)Nc2cc(C)ccc2C)c(OC)c1. The molecular weight excluding hydrogens is 322 g/mol. The number of nitrogens with one attached hydrogen (secondary N) is 1. The highest BCUT2D eigenvalue weighted by molar-refractivity contribution is 5.93. The molecule has 1 amide bonds. The Balaban J connectivity index is 2.04. The van der Waals surface area contributed by atoms with Gasteiger partial charge >= 0.3 is 5.97 Å². The van der Waals surface area contributed by atoms with Crippen LogP contribution in [-0.2, 0) is 9.53 Å². The average Bonchev–Trinajstić information content (AvgIpc) is 2.62. The van der Waals surface area contributed by atoms with E-state index in [0.29, 0.717) is 17.1 Å². The molecule has 0 aliphatic heterocycles. The summed E-state index contributed by atoms with van der Waals surface area (Å²) in [5, 5.41) is 2.82. The van der Waals surface area contributed by atoms with Gasteiger partial charge < -0.3 is 19.5 Å². The van der Waals surface area contributed by atoms with Crippen LogP contribution in [0.1, 0.15) is 21.5 Å². The van der Waals surface area contributed by atoms with Crippen LogP contribution in [0.5, 0.6) is 11.5 Å². The molecule has 0 spiro atoms. The van der Waals surface area contributed by atoms with Crippen molar-refractivity contribution in [2.24, 2.45) is 0 Å². The van der Waals surface area contributed by atoms with Gasteiger partial charge in [0.05, 0.1) is 19.8 Å². The molecule has 2 aromatic rings. The highest BCUT2D eigenvalue weighted by atomic mass is 16.5. The molecule has 0 atom stereocenters. The van der Waals surface area contributed by atoms with Crippen LogP contribution in [0.2, 0.25) is 0 Å². The second kappa shape index (κ2) is 8.19. The molecule has 0 unspecified atom stereocenters. The molecule has 0 saturated carbocycles. The average molecular weight is 343 g/mol. The summed E-state index contributed by atoms with van der Waals surface area (Å²) < 4.78 is 15.4. The van der Waals surface area contributed by atoms with Crippen LogP contribution >= 0.6 is 0 Å². The van der Waals surface area contributed by atoms with Crippen molar-refractivity contribution in [2.75, 3.05) is 26.1 Å². The molecule has 0 heterocycles. The van der Waals surface area contributed by atoms with E-state index >= 15 is 0 Å². The Hall–Kier alpha value is -3.02. The van der Waals surface area contributed by atoms with Crippen LogP contribution in [0, 0.1) is 13.8 Å². The Kier molecular flexibility index (Phi) is 6.00. The van der Waals surface area contributed by atoms with E-state index < -0.39 is 5.97 Å². The number of benzene rings is 2. The zero-order chi connectivity index (χ0) is 18.4. The van der Waals surface area contributed by atoms with Crippen molar-refractivity contribution in [1.29, 1.82) is 0 Å². The van der Waals surface area contributed by atoms with Crippen molar-refractivity contribution in [3.8, 4) is 11.5 Å². The molecule has 0 saturated heterocycles. The molecule has 0 aliphatic carbocycles. The van der Waals surface area contributed by atoms with Gasteiger partial charge in [0.25, 0.3) is 5.91 Å². The normalized spacial score (nSPS) is 10.1. The number of ether oxygens (including phenoxy) is 3. The highest BCUT2D eigenvalue weighted by Gasteiger charge is 2.13. The zero-order valence-corrected chi connectivity index (χ0v) is 14.7. The molecule has 0 aromatic heterocycles. The van der Waals surface area contributed by atoms with Gasteiger partial charge in [0, 0.05) is 5.69 Å². The molecule has 0 aliphatic rings. The maximum Gasteiger partial charge on any atom is 0.337 e. The summed E-state index contributed by atoms with van der Waals surface area (Å²) in [5.74, 6) is -0.0426. The Morgan fingerprint density at radius 1 is 1.00 bits per heavy atom. The Labute approximate surface area is 146 Å². The molecule has 2 aromatic carbocycles. The van der Waals surface area contributed by atoms with Crippen LogP contribution in [0.25, 0.3) is 0 Å². The lowest BCUT2D eigenvalue weighted by molar-refractivity contribution is -0.118. The number of amides is 1. The topological polar surface area (TPSA) is 73.9 Å². The first-order valence-corrected chi connectivity index (χ1v) is 7.71. The number of aryl methyl sites for hydroxylation is 2. The van der Waals surface area contributed by atoms with Crippen molar-refractivity contribution < 1.29 is 23.8 Å². The van der Waals surface area contributed by atoms with Crippen LogP contribution < -0.4 is 14.8 Å². The number of carbonyl (C=O) groups excluding carboxylic acids is 2. The highest BCUT2D eigenvalue weighted by Crippen LogP contribution is 2.28. The Morgan fingerprint density at radius 3 is 2.44 bits per heavy atom. The molecule has 0 radical (unpaired) electrons. The Morgan fingerprint density at radius 2 is 1.76 bits per heavy atom. The van der Waals surface area contributed by atoms with Gasteiger partial charge in [-0.15, -0.1) is 0 Å². The number of esters is 1. The number of anilines is 1. The molecule has 1 N–H and O–H groups in total. The number of carbonyl (C=O) groups is 2. The standard InChI is InChI=1S/C19H21NO5/c1-12-5-6-13(2)15(9-12)20-18(21)11-25-16-8-7-14(19(22)24-4)10-17(16)23-3/h5-10H,11H2,1-4H3,(H,20,21). The first-order chi connectivity index (χ1) is 11.9. The fourth-order valence-corrected chi connectivity index (χ4v) is 2.23. The third-order valence-corrected chi connectivity index (χ3v) is 3.61. The van der Waals surface area contributed by atoms with Crippen molar-refractivity contribution in [2.45, 2.75) is 13.8 Å². The maximum absolute atomic E-state index is 12.1. The van der Waals surface area contributed by atoms with Gasteiger partial charge in [-0.1, -0.05) is 12.1 Å². The summed E-state index contributed by atoms with van der Waals surface area (Å²) in [6.07, 6.45) is 0. The third-order valence-electron chi connectivity index (χ3n) is 3.61. The molecule has 132 valence electrons. The van der Waals surface area contributed by atoms with Gasteiger partial charge in [0.2, 0.25) is 0 Å². The minimum Gasteiger partial charge on any atom is -0.493 e. The first-order valence-electron chi connectivity index (χ1n) is 7.71. The van der Waals surface area contributed by atoms with Crippen LogP contribution in [0.3, 0.4) is 0 Å². The summed E-state index contributed by atoms with van der Waals surface area (Å²) in [5.41, 5.74) is 3.12. The summed E-state index contributed by atoms with van der Waals surface area (Å²) in [6.45, 7) is 3.70. The molecule has 25 heavy (non-hydrogen) atoms. The van der Waals surface area contributed by atoms with E-state index in [0.717, 1.165) is 16.8 Å². The summed E-state index contributed by atoms with van der Waals surface area (Å²) in [4.78, 5) is 23.7. The first kappa shape index (κ1) is 18.3. The van der Waals surface area contributed by atoms with E-state index in [1.165, 1.54) is 20.3 Å². The van der Waals surface area contributed by atoms with Gasteiger partial charge in [-0.3, -0.25) is 4.79 Å². The summed E-state index contributed by atoms with van der Waals surface area (Å²) in [6, 6.07) is 10.4. The zero-order valence-electron chi connectivity index (χ0n) is 14.7. The third kappa shape index (κ3) is 4.73. The molecular formula is C19H21NO5. The minimum atomic E-state index is -0.475. The summed E-state index contributed by atoms with van der Waals surface area (Å²) in [7, 11) is 2.76. The van der Waals surface area contributed by atoms with Crippen molar-refractivity contribution in [1.82, 2.24) is 0 Å². The molecule has 6 nitrogen and oxygen atoms in total. The summed E-state index contributed by atoms with van der Waals surface area (Å²) >= 11 is 0. The molecule has 0 fully saturated rings. The molecule has 2 rings (SSSR count). The second-order valence-electron chi connectivity index (χ2n) is 5.51. The lowest BCUT2D eigenvalue weighted by Gasteiger charge is -2.13. The van der Waals surface area contributed by atoms with E-state index in [1.807, 2.05) is 32.0 Å². The van der Waals surface area contributed by atoms with Gasteiger partial charge in [-0.05, 0) is 49.2 Å². The van der Waals surface area contributed by atoms with E-state index in [2.05, 4.69) is 10.1 Å². The molecule has 0 bridgehead atoms. The van der Waals surface area contributed by atoms with Gasteiger partial charge in [-0.25, -0.2) is 4.79 Å².